The third kappa shape index (κ3) is 2.94. The molecule has 0 unspecified atom stereocenters. The standard InChI is InChI=1S/C8H7BrClNO3/c9-4-1-5(8(10)11-3-4)6(12)2-7(13)14/h1,3,6,12H,2H2,(H,13,14)/t6-/m1/s1. The van der Waals surface area contributed by atoms with Crippen LogP contribution in [0.2, 0.25) is 5.15 Å². The van der Waals surface area contributed by atoms with Crippen LogP contribution in [0.25, 0.3) is 0 Å². The van der Waals surface area contributed by atoms with Crippen molar-refractivity contribution >= 4 is 33.5 Å². The first-order valence-electron chi connectivity index (χ1n) is 3.71. The van der Waals surface area contributed by atoms with E-state index < -0.39 is 18.5 Å². The minimum atomic E-state index is -1.13. The van der Waals surface area contributed by atoms with Crippen LogP contribution in [0.3, 0.4) is 0 Å². The molecule has 0 radical (unpaired) electrons. The molecule has 1 aromatic rings. The maximum atomic E-state index is 10.3. The molecule has 6 heteroatoms. The van der Waals surface area contributed by atoms with Crippen LogP contribution in [0.1, 0.15) is 18.1 Å². The Bertz CT molecular complexity index is 358. The van der Waals surface area contributed by atoms with Crippen molar-refractivity contribution in [2.45, 2.75) is 12.5 Å². The van der Waals surface area contributed by atoms with Crippen molar-refractivity contribution < 1.29 is 15.0 Å². The molecule has 76 valence electrons. The van der Waals surface area contributed by atoms with Gasteiger partial charge in [0.2, 0.25) is 0 Å². The molecule has 1 heterocycles. The Balaban J connectivity index is 2.93. The second-order valence-corrected chi connectivity index (χ2v) is 3.92. The summed E-state index contributed by atoms with van der Waals surface area (Å²) in [5.74, 6) is -1.09. The highest BCUT2D eigenvalue weighted by molar-refractivity contribution is 9.10. The fourth-order valence-corrected chi connectivity index (χ4v) is 1.53. The molecular formula is C8H7BrClNO3. The largest absolute Gasteiger partial charge is 0.481 e. The Kier molecular flexibility index (Phi) is 3.86. The number of carboxylic acid groups (broad SMARTS) is 1. The number of nitrogens with zero attached hydrogens (tertiary/aromatic N) is 1. The molecule has 0 aromatic carbocycles. The third-order valence-corrected chi connectivity index (χ3v) is 2.31. The van der Waals surface area contributed by atoms with Crippen LogP contribution < -0.4 is 0 Å². The van der Waals surface area contributed by atoms with Gasteiger partial charge in [0.05, 0.1) is 12.5 Å². The van der Waals surface area contributed by atoms with Crippen LogP contribution in [0.15, 0.2) is 16.7 Å². The van der Waals surface area contributed by atoms with Crippen molar-refractivity contribution in [3.05, 3.63) is 27.5 Å². The predicted molar refractivity (Wildman–Crippen MR) is 54.2 cm³/mol. The van der Waals surface area contributed by atoms with Crippen LogP contribution in [-0.4, -0.2) is 21.2 Å². The van der Waals surface area contributed by atoms with Gasteiger partial charge in [-0.2, -0.15) is 0 Å². The first kappa shape index (κ1) is 11.4. The van der Waals surface area contributed by atoms with Gasteiger partial charge in [0, 0.05) is 16.2 Å². The van der Waals surface area contributed by atoms with Crippen molar-refractivity contribution in [2.75, 3.05) is 0 Å². The third-order valence-electron chi connectivity index (χ3n) is 1.56. The fourth-order valence-electron chi connectivity index (χ4n) is 0.947. The minimum Gasteiger partial charge on any atom is -0.481 e. The molecule has 0 saturated carbocycles. The summed E-state index contributed by atoms with van der Waals surface area (Å²) in [6.45, 7) is 0. The number of aliphatic hydroxyl groups is 1. The van der Waals surface area contributed by atoms with Gasteiger partial charge in [-0.05, 0) is 22.0 Å². The Hall–Kier alpha value is -0.650. The highest BCUT2D eigenvalue weighted by Crippen LogP contribution is 2.26. The van der Waals surface area contributed by atoms with E-state index >= 15 is 0 Å². The van der Waals surface area contributed by atoms with Gasteiger partial charge in [-0.1, -0.05) is 11.6 Å². The van der Waals surface area contributed by atoms with Gasteiger partial charge in [-0.3, -0.25) is 4.79 Å². The van der Waals surface area contributed by atoms with Crippen LogP contribution in [0.5, 0.6) is 0 Å². The predicted octanol–water partition coefficient (Wildman–Crippen LogP) is 2.01. The molecule has 0 aliphatic heterocycles. The molecule has 2 N–H and O–H groups in total. The number of hydrogen-bond donors (Lipinski definition) is 2. The zero-order valence-electron chi connectivity index (χ0n) is 6.94. The van der Waals surface area contributed by atoms with E-state index in [9.17, 15) is 9.90 Å². The van der Waals surface area contributed by atoms with Crippen LogP contribution in [0, 0.1) is 0 Å². The number of aliphatic carboxylic acids is 1. The van der Waals surface area contributed by atoms with Gasteiger partial charge in [0.1, 0.15) is 5.15 Å². The number of hydrogen-bond acceptors (Lipinski definition) is 3. The zero-order valence-corrected chi connectivity index (χ0v) is 9.29. The molecular weight excluding hydrogens is 273 g/mol. The first-order valence-corrected chi connectivity index (χ1v) is 4.88. The van der Waals surface area contributed by atoms with Crippen LogP contribution in [-0.2, 0) is 4.79 Å². The summed E-state index contributed by atoms with van der Waals surface area (Å²) in [7, 11) is 0. The topological polar surface area (TPSA) is 70.4 Å². The number of pyridine rings is 1. The normalized spacial score (nSPS) is 12.5. The summed E-state index contributed by atoms with van der Waals surface area (Å²) in [4.78, 5) is 14.1. The lowest BCUT2D eigenvalue weighted by Gasteiger charge is -2.09. The Morgan fingerprint density at radius 3 is 2.93 bits per heavy atom. The molecule has 4 nitrogen and oxygen atoms in total. The maximum Gasteiger partial charge on any atom is 0.306 e. The molecule has 0 amide bonds. The Labute approximate surface area is 93.7 Å². The second kappa shape index (κ2) is 4.72. The average Bonchev–Trinajstić information content (AvgIpc) is 2.08. The van der Waals surface area contributed by atoms with E-state index in [0.717, 1.165) is 0 Å². The van der Waals surface area contributed by atoms with Crippen LogP contribution in [0.4, 0.5) is 0 Å². The maximum absolute atomic E-state index is 10.3. The number of aromatic nitrogens is 1. The summed E-state index contributed by atoms with van der Waals surface area (Å²) in [6.07, 6.45) is -0.0537. The summed E-state index contributed by atoms with van der Waals surface area (Å²) in [5, 5.41) is 18.1. The van der Waals surface area contributed by atoms with Crippen molar-refractivity contribution in [1.29, 1.82) is 0 Å². The molecule has 0 saturated heterocycles. The van der Waals surface area contributed by atoms with Gasteiger partial charge < -0.3 is 10.2 Å². The zero-order chi connectivity index (χ0) is 10.7. The molecule has 0 bridgehead atoms. The first-order chi connectivity index (χ1) is 6.50. The van der Waals surface area contributed by atoms with Crippen molar-refractivity contribution in [2.24, 2.45) is 0 Å². The van der Waals surface area contributed by atoms with Gasteiger partial charge >= 0.3 is 5.97 Å². The Morgan fingerprint density at radius 2 is 2.36 bits per heavy atom. The monoisotopic (exact) mass is 279 g/mol. The lowest BCUT2D eigenvalue weighted by Crippen LogP contribution is -2.06. The molecule has 0 aliphatic carbocycles. The molecule has 0 spiro atoms. The molecule has 1 aromatic heterocycles. The molecule has 1 rings (SSSR count). The van der Waals surface area contributed by atoms with E-state index in [1.54, 1.807) is 6.07 Å². The van der Waals surface area contributed by atoms with Gasteiger partial charge in [0.25, 0.3) is 0 Å². The lowest BCUT2D eigenvalue weighted by molar-refractivity contribution is -0.139. The lowest BCUT2D eigenvalue weighted by atomic mass is 10.1. The smallest absolute Gasteiger partial charge is 0.306 e. The van der Waals surface area contributed by atoms with E-state index in [1.165, 1.54) is 6.20 Å². The molecule has 14 heavy (non-hydrogen) atoms. The van der Waals surface area contributed by atoms with E-state index in [4.69, 9.17) is 16.7 Å². The van der Waals surface area contributed by atoms with E-state index in [1.807, 2.05) is 0 Å². The summed E-state index contributed by atoms with van der Waals surface area (Å²) < 4.78 is 0.640. The van der Waals surface area contributed by atoms with Crippen LogP contribution >= 0.6 is 27.5 Å². The number of carboxylic acids is 1. The molecule has 0 fully saturated rings. The number of aliphatic hydroxyl groups excluding tert-OH is 1. The fraction of sp³-hybridized carbons (Fsp3) is 0.250. The van der Waals surface area contributed by atoms with E-state index in [-0.39, 0.29) is 5.15 Å². The van der Waals surface area contributed by atoms with Crippen molar-refractivity contribution in [3.63, 3.8) is 0 Å². The van der Waals surface area contributed by atoms with Gasteiger partial charge in [0.15, 0.2) is 0 Å². The summed E-state index contributed by atoms with van der Waals surface area (Å²) in [5.41, 5.74) is 0.309. The van der Waals surface area contributed by atoms with E-state index in [0.29, 0.717) is 10.0 Å². The second-order valence-electron chi connectivity index (χ2n) is 2.65. The Morgan fingerprint density at radius 1 is 1.71 bits per heavy atom. The average molecular weight is 281 g/mol. The van der Waals surface area contributed by atoms with Crippen molar-refractivity contribution in [3.8, 4) is 0 Å². The van der Waals surface area contributed by atoms with Crippen molar-refractivity contribution in [1.82, 2.24) is 4.98 Å². The number of carbonyl (C=O) groups is 1. The molecule has 1 atom stereocenters. The SMILES string of the molecule is O=C(O)C[C@@H](O)c1cc(Br)cnc1Cl. The quantitative estimate of drug-likeness (QED) is 0.831. The number of rotatable bonds is 3. The molecule has 0 aliphatic rings. The minimum absolute atomic E-state index is 0.113. The van der Waals surface area contributed by atoms with E-state index in [2.05, 4.69) is 20.9 Å². The van der Waals surface area contributed by atoms with Gasteiger partial charge in [-0.25, -0.2) is 4.98 Å². The summed E-state index contributed by atoms with van der Waals surface area (Å²) in [6, 6.07) is 1.54. The number of halogens is 2. The highest BCUT2D eigenvalue weighted by atomic mass is 79.9. The summed E-state index contributed by atoms with van der Waals surface area (Å²) >= 11 is 8.84. The highest BCUT2D eigenvalue weighted by Gasteiger charge is 2.16. The van der Waals surface area contributed by atoms with Gasteiger partial charge in [-0.15, -0.1) is 0 Å².